The zero-order valence-corrected chi connectivity index (χ0v) is 11.4. The van der Waals surface area contributed by atoms with Crippen molar-refractivity contribution in [2.24, 2.45) is 0 Å². The average Bonchev–Trinajstić information content (AvgIpc) is 3.15. The van der Waals surface area contributed by atoms with E-state index in [1.54, 1.807) is 12.3 Å². The Labute approximate surface area is 122 Å². The number of carbonyl (C=O) groups is 1. The monoisotopic (exact) mass is 285 g/mol. The number of nitrogens with one attached hydrogen (secondary N) is 1. The third-order valence-corrected chi connectivity index (χ3v) is 3.07. The number of amides is 1. The van der Waals surface area contributed by atoms with E-state index in [1.165, 1.54) is 6.08 Å². The van der Waals surface area contributed by atoms with Gasteiger partial charge < -0.3 is 19.2 Å². The molecule has 0 saturated heterocycles. The Kier molecular flexibility index (Phi) is 3.91. The van der Waals surface area contributed by atoms with E-state index in [2.05, 4.69) is 5.32 Å². The topological polar surface area (TPSA) is 60.7 Å². The molecule has 0 spiro atoms. The van der Waals surface area contributed by atoms with E-state index in [-0.39, 0.29) is 12.7 Å². The summed E-state index contributed by atoms with van der Waals surface area (Å²) in [4.78, 5) is 11.7. The van der Waals surface area contributed by atoms with Gasteiger partial charge in [-0.2, -0.15) is 0 Å². The van der Waals surface area contributed by atoms with Crippen LogP contribution in [0.15, 0.2) is 47.1 Å². The molecule has 1 amide bonds. The predicted molar refractivity (Wildman–Crippen MR) is 77.0 cm³/mol. The van der Waals surface area contributed by atoms with Gasteiger partial charge in [-0.1, -0.05) is 6.07 Å². The molecule has 108 valence electrons. The zero-order chi connectivity index (χ0) is 14.5. The van der Waals surface area contributed by atoms with Crippen LogP contribution in [0, 0.1) is 0 Å². The van der Waals surface area contributed by atoms with Crippen molar-refractivity contribution in [2.45, 2.75) is 6.42 Å². The van der Waals surface area contributed by atoms with Crippen LogP contribution in [0.4, 0.5) is 0 Å². The van der Waals surface area contributed by atoms with Crippen LogP contribution < -0.4 is 14.8 Å². The van der Waals surface area contributed by atoms with Crippen LogP contribution in [0.3, 0.4) is 0 Å². The molecular formula is C16H15NO4. The standard InChI is InChI=1S/C16H15NO4/c18-16(17-8-7-13-2-1-9-19-13)6-4-12-3-5-14-15(10-12)21-11-20-14/h1-6,9-10H,7-8,11H2,(H,17,18)/b6-4+. The predicted octanol–water partition coefficient (Wildman–Crippen LogP) is 2.38. The Morgan fingerprint density at radius 3 is 3.00 bits per heavy atom. The van der Waals surface area contributed by atoms with E-state index in [4.69, 9.17) is 13.9 Å². The molecule has 0 bridgehead atoms. The van der Waals surface area contributed by atoms with Gasteiger partial charge >= 0.3 is 0 Å². The second-order valence-electron chi connectivity index (χ2n) is 4.57. The number of furan rings is 1. The first kappa shape index (κ1) is 13.3. The SMILES string of the molecule is O=C(/C=C/c1ccc2c(c1)OCO2)NCCc1ccco1. The van der Waals surface area contributed by atoms with Gasteiger partial charge in [0, 0.05) is 19.0 Å². The second kappa shape index (κ2) is 6.17. The summed E-state index contributed by atoms with van der Waals surface area (Å²) in [7, 11) is 0. The lowest BCUT2D eigenvalue weighted by molar-refractivity contribution is -0.116. The quantitative estimate of drug-likeness (QED) is 0.857. The van der Waals surface area contributed by atoms with Crippen LogP contribution in [0.2, 0.25) is 0 Å². The van der Waals surface area contributed by atoms with Gasteiger partial charge in [0.1, 0.15) is 5.76 Å². The zero-order valence-electron chi connectivity index (χ0n) is 11.4. The molecule has 1 aliphatic rings. The maximum Gasteiger partial charge on any atom is 0.244 e. The number of ether oxygens (including phenoxy) is 2. The molecule has 0 aliphatic carbocycles. The summed E-state index contributed by atoms with van der Waals surface area (Å²) < 4.78 is 15.7. The third-order valence-electron chi connectivity index (χ3n) is 3.07. The summed E-state index contributed by atoms with van der Waals surface area (Å²) in [5.74, 6) is 2.15. The molecule has 2 heterocycles. The van der Waals surface area contributed by atoms with E-state index in [0.717, 1.165) is 17.1 Å². The van der Waals surface area contributed by atoms with Gasteiger partial charge in [0.2, 0.25) is 12.7 Å². The van der Waals surface area contributed by atoms with E-state index in [1.807, 2.05) is 30.3 Å². The first-order valence-electron chi connectivity index (χ1n) is 6.69. The van der Waals surface area contributed by atoms with Crippen molar-refractivity contribution in [1.29, 1.82) is 0 Å². The summed E-state index contributed by atoms with van der Waals surface area (Å²) >= 11 is 0. The second-order valence-corrected chi connectivity index (χ2v) is 4.57. The Bertz CT molecular complexity index is 646. The van der Waals surface area contributed by atoms with E-state index in [0.29, 0.717) is 18.7 Å². The molecule has 0 unspecified atom stereocenters. The van der Waals surface area contributed by atoms with Gasteiger partial charge in [0.25, 0.3) is 0 Å². The summed E-state index contributed by atoms with van der Waals surface area (Å²) in [6, 6.07) is 9.26. The normalized spacial score (nSPS) is 12.8. The van der Waals surface area contributed by atoms with Gasteiger partial charge in [0.15, 0.2) is 11.5 Å². The highest BCUT2D eigenvalue weighted by molar-refractivity contribution is 5.91. The fourth-order valence-electron chi connectivity index (χ4n) is 2.01. The van der Waals surface area contributed by atoms with Crippen molar-refractivity contribution in [3.63, 3.8) is 0 Å². The molecule has 5 nitrogen and oxygen atoms in total. The summed E-state index contributed by atoms with van der Waals surface area (Å²) in [6.45, 7) is 0.785. The van der Waals surface area contributed by atoms with Crippen LogP contribution in [0.5, 0.6) is 11.5 Å². The van der Waals surface area contributed by atoms with Gasteiger partial charge in [-0.05, 0) is 35.9 Å². The molecule has 0 atom stereocenters. The fraction of sp³-hybridized carbons (Fsp3) is 0.188. The van der Waals surface area contributed by atoms with Crippen LogP contribution in [0.25, 0.3) is 6.08 Å². The Balaban J connectivity index is 1.50. The molecule has 3 rings (SSSR count). The van der Waals surface area contributed by atoms with Crippen LogP contribution in [-0.2, 0) is 11.2 Å². The number of hydrogen-bond acceptors (Lipinski definition) is 4. The summed E-state index contributed by atoms with van der Waals surface area (Å²) in [5, 5.41) is 2.80. The van der Waals surface area contributed by atoms with Crippen molar-refractivity contribution in [3.05, 3.63) is 54.0 Å². The average molecular weight is 285 g/mol. The molecular weight excluding hydrogens is 270 g/mol. The first-order chi connectivity index (χ1) is 10.3. The highest BCUT2D eigenvalue weighted by atomic mass is 16.7. The van der Waals surface area contributed by atoms with E-state index in [9.17, 15) is 4.79 Å². The molecule has 1 aromatic heterocycles. The lowest BCUT2D eigenvalue weighted by atomic mass is 10.2. The van der Waals surface area contributed by atoms with Crippen molar-refractivity contribution in [2.75, 3.05) is 13.3 Å². The molecule has 0 fully saturated rings. The minimum atomic E-state index is -0.140. The molecule has 0 saturated carbocycles. The minimum Gasteiger partial charge on any atom is -0.469 e. The van der Waals surface area contributed by atoms with Crippen LogP contribution >= 0.6 is 0 Å². The van der Waals surface area contributed by atoms with Crippen molar-refractivity contribution >= 4 is 12.0 Å². The van der Waals surface area contributed by atoms with Crippen molar-refractivity contribution in [1.82, 2.24) is 5.32 Å². The third kappa shape index (κ3) is 3.45. The first-order valence-corrected chi connectivity index (χ1v) is 6.69. The number of carbonyl (C=O) groups excluding carboxylic acids is 1. The number of fused-ring (bicyclic) bond motifs is 1. The van der Waals surface area contributed by atoms with Crippen LogP contribution in [0.1, 0.15) is 11.3 Å². The Morgan fingerprint density at radius 2 is 2.14 bits per heavy atom. The van der Waals surface area contributed by atoms with Crippen molar-refractivity contribution in [3.8, 4) is 11.5 Å². The van der Waals surface area contributed by atoms with Gasteiger partial charge in [-0.25, -0.2) is 0 Å². The molecule has 0 radical (unpaired) electrons. The smallest absolute Gasteiger partial charge is 0.244 e. The van der Waals surface area contributed by atoms with Gasteiger partial charge in [-0.15, -0.1) is 0 Å². The highest BCUT2D eigenvalue weighted by Gasteiger charge is 2.12. The fourth-order valence-corrected chi connectivity index (χ4v) is 2.01. The van der Waals surface area contributed by atoms with Crippen molar-refractivity contribution < 1.29 is 18.7 Å². The Morgan fingerprint density at radius 1 is 1.24 bits per heavy atom. The van der Waals surface area contributed by atoms with E-state index >= 15 is 0 Å². The number of benzene rings is 1. The summed E-state index contributed by atoms with van der Waals surface area (Å²) in [6.07, 6.45) is 5.54. The van der Waals surface area contributed by atoms with Gasteiger partial charge in [-0.3, -0.25) is 4.79 Å². The highest BCUT2D eigenvalue weighted by Crippen LogP contribution is 2.32. The molecule has 1 aliphatic heterocycles. The van der Waals surface area contributed by atoms with Gasteiger partial charge in [0.05, 0.1) is 6.26 Å². The Hall–Kier alpha value is -2.69. The lowest BCUT2D eigenvalue weighted by Gasteiger charge is -2.00. The number of rotatable bonds is 5. The maximum absolute atomic E-state index is 11.7. The molecule has 1 N–H and O–H groups in total. The largest absolute Gasteiger partial charge is 0.469 e. The molecule has 5 heteroatoms. The maximum atomic E-state index is 11.7. The summed E-state index contributed by atoms with van der Waals surface area (Å²) in [5.41, 5.74) is 0.889. The van der Waals surface area contributed by atoms with Crippen LogP contribution in [-0.4, -0.2) is 19.2 Å². The number of hydrogen-bond donors (Lipinski definition) is 1. The molecule has 21 heavy (non-hydrogen) atoms. The minimum absolute atomic E-state index is 0.140. The van der Waals surface area contributed by atoms with E-state index < -0.39 is 0 Å². The molecule has 2 aromatic rings. The molecule has 1 aromatic carbocycles. The lowest BCUT2D eigenvalue weighted by Crippen LogP contribution is -2.23.